The molecule has 2 rings (SSSR count). The number of hydrogen-bond acceptors (Lipinski definition) is 3. The zero-order chi connectivity index (χ0) is 17.9. The quantitative estimate of drug-likeness (QED) is 0.816. The van der Waals surface area contributed by atoms with E-state index in [0.29, 0.717) is 10.7 Å². The number of anilines is 1. The molecule has 0 unspecified atom stereocenters. The lowest BCUT2D eigenvalue weighted by Gasteiger charge is -2.11. The molecular formula is C16H16Cl2N2O3S. The number of carbonyl (C=O) groups excluding carboxylic acids is 1. The normalized spacial score (nSPS) is 11.5. The average molecular weight is 387 g/mol. The number of carbonyl (C=O) groups is 1. The van der Waals surface area contributed by atoms with Crippen molar-refractivity contribution in [3.63, 3.8) is 0 Å². The Morgan fingerprint density at radius 1 is 1.04 bits per heavy atom. The number of rotatable bonds is 5. The lowest BCUT2D eigenvalue weighted by molar-refractivity contribution is 0.102. The van der Waals surface area contributed by atoms with E-state index >= 15 is 0 Å². The summed E-state index contributed by atoms with van der Waals surface area (Å²) in [6, 6.07) is 10.2. The Hall–Kier alpha value is -1.60. The first-order valence-corrected chi connectivity index (χ1v) is 9.32. The summed E-state index contributed by atoms with van der Waals surface area (Å²) in [5.41, 5.74) is 0.682. The second-order valence-corrected chi connectivity index (χ2v) is 7.94. The van der Waals surface area contributed by atoms with Gasteiger partial charge in [-0.15, -0.1) is 0 Å². The summed E-state index contributed by atoms with van der Waals surface area (Å²) >= 11 is 11.8. The van der Waals surface area contributed by atoms with Gasteiger partial charge < -0.3 is 5.32 Å². The number of benzene rings is 2. The van der Waals surface area contributed by atoms with Gasteiger partial charge in [0.05, 0.1) is 15.5 Å². The zero-order valence-electron chi connectivity index (χ0n) is 13.0. The molecular weight excluding hydrogens is 371 g/mol. The molecule has 0 bridgehead atoms. The van der Waals surface area contributed by atoms with Crippen molar-refractivity contribution in [2.45, 2.75) is 24.8 Å². The third-order valence-corrected chi connectivity index (χ3v) is 5.23. The number of amides is 1. The van der Waals surface area contributed by atoms with Crippen LogP contribution in [-0.4, -0.2) is 20.4 Å². The van der Waals surface area contributed by atoms with Crippen LogP contribution >= 0.6 is 23.2 Å². The topological polar surface area (TPSA) is 75.3 Å². The molecule has 0 aliphatic carbocycles. The van der Waals surface area contributed by atoms with E-state index in [0.717, 1.165) is 0 Å². The van der Waals surface area contributed by atoms with Gasteiger partial charge in [-0.05, 0) is 56.3 Å². The molecule has 0 saturated carbocycles. The highest BCUT2D eigenvalue weighted by Gasteiger charge is 2.16. The summed E-state index contributed by atoms with van der Waals surface area (Å²) in [6.07, 6.45) is 0. The predicted octanol–water partition coefficient (Wildman–Crippen LogP) is 3.93. The Morgan fingerprint density at radius 3 is 2.25 bits per heavy atom. The van der Waals surface area contributed by atoms with Gasteiger partial charge in [0.15, 0.2) is 0 Å². The highest BCUT2D eigenvalue weighted by atomic mass is 35.5. The van der Waals surface area contributed by atoms with E-state index < -0.39 is 15.9 Å². The van der Waals surface area contributed by atoms with Crippen LogP contribution in [0.4, 0.5) is 5.69 Å². The molecule has 0 spiro atoms. The summed E-state index contributed by atoms with van der Waals surface area (Å²) in [7, 11) is -3.57. The monoisotopic (exact) mass is 386 g/mol. The van der Waals surface area contributed by atoms with Crippen molar-refractivity contribution in [2.24, 2.45) is 0 Å². The molecule has 0 aliphatic rings. The van der Waals surface area contributed by atoms with E-state index in [-0.39, 0.29) is 21.5 Å². The van der Waals surface area contributed by atoms with E-state index in [1.165, 1.54) is 36.4 Å². The van der Waals surface area contributed by atoms with Crippen molar-refractivity contribution in [2.75, 3.05) is 5.32 Å². The first-order valence-electron chi connectivity index (χ1n) is 7.08. The predicted molar refractivity (Wildman–Crippen MR) is 96.3 cm³/mol. The van der Waals surface area contributed by atoms with E-state index in [1.54, 1.807) is 19.9 Å². The Balaban J connectivity index is 2.17. The van der Waals surface area contributed by atoms with Crippen LogP contribution in [0, 0.1) is 0 Å². The summed E-state index contributed by atoms with van der Waals surface area (Å²) in [5.74, 6) is -0.432. The standard InChI is InChI=1S/C16H16Cl2N2O3S/c1-10(2)20-24(22,23)13-6-4-12(5-7-13)19-16(21)14-9-11(17)3-8-15(14)18/h3-10,20H,1-2H3,(H,19,21). The number of hydrogen-bond donors (Lipinski definition) is 2. The molecule has 2 aromatic rings. The van der Waals surface area contributed by atoms with Gasteiger partial charge in [0.1, 0.15) is 0 Å². The fourth-order valence-corrected chi connectivity index (χ4v) is 3.59. The third kappa shape index (κ3) is 4.70. The molecule has 2 N–H and O–H groups in total. The van der Waals surface area contributed by atoms with Crippen LogP contribution in [0.3, 0.4) is 0 Å². The minimum Gasteiger partial charge on any atom is -0.322 e. The van der Waals surface area contributed by atoms with Gasteiger partial charge in [-0.25, -0.2) is 13.1 Å². The van der Waals surface area contributed by atoms with E-state index in [1.807, 2.05) is 0 Å². The summed E-state index contributed by atoms with van der Waals surface area (Å²) in [5, 5.41) is 3.32. The van der Waals surface area contributed by atoms with Crippen molar-refractivity contribution in [3.8, 4) is 0 Å². The summed E-state index contributed by atoms with van der Waals surface area (Å²) < 4.78 is 26.6. The first kappa shape index (κ1) is 18.7. The Morgan fingerprint density at radius 2 is 1.67 bits per heavy atom. The molecule has 2 aromatic carbocycles. The first-order chi connectivity index (χ1) is 11.2. The number of halogens is 2. The maximum absolute atomic E-state index is 12.2. The van der Waals surface area contributed by atoms with E-state index in [9.17, 15) is 13.2 Å². The molecule has 0 atom stereocenters. The van der Waals surface area contributed by atoms with Gasteiger partial charge >= 0.3 is 0 Å². The largest absolute Gasteiger partial charge is 0.322 e. The van der Waals surface area contributed by atoms with Crippen molar-refractivity contribution >= 4 is 44.8 Å². The molecule has 8 heteroatoms. The van der Waals surface area contributed by atoms with Crippen LogP contribution < -0.4 is 10.0 Å². The van der Waals surface area contributed by atoms with Crippen LogP contribution in [0.1, 0.15) is 24.2 Å². The Bertz CT molecular complexity index is 850. The average Bonchev–Trinajstić information content (AvgIpc) is 2.49. The van der Waals surface area contributed by atoms with Gasteiger partial charge in [0, 0.05) is 16.8 Å². The van der Waals surface area contributed by atoms with E-state index in [2.05, 4.69) is 10.0 Å². The number of sulfonamides is 1. The minimum atomic E-state index is -3.57. The lowest BCUT2D eigenvalue weighted by atomic mass is 10.2. The molecule has 0 radical (unpaired) electrons. The Labute approximate surface area is 151 Å². The van der Waals surface area contributed by atoms with Crippen molar-refractivity contribution in [3.05, 3.63) is 58.1 Å². The van der Waals surface area contributed by atoms with Gasteiger partial charge in [-0.1, -0.05) is 23.2 Å². The third-order valence-electron chi connectivity index (χ3n) is 2.99. The van der Waals surface area contributed by atoms with Crippen LogP contribution in [0.5, 0.6) is 0 Å². The highest BCUT2D eigenvalue weighted by Crippen LogP contribution is 2.22. The number of nitrogens with one attached hydrogen (secondary N) is 2. The van der Waals surface area contributed by atoms with E-state index in [4.69, 9.17) is 23.2 Å². The van der Waals surface area contributed by atoms with Gasteiger partial charge in [-0.3, -0.25) is 4.79 Å². The van der Waals surface area contributed by atoms with Crippen LogP contribution in [-0.2, 0) is 10.0 Å². The highest BCUT2D eigenvalue weighted by molar-refractivity contribution is 7.89. The molecule has 1 amide bonds. The van der Waals surface area contributed by atoms with Crippen LogP contribution in [0.2, 0.25) is 10.0 Å². The molecule has 0 fully saturated rings. The molecule has 24 heavy (non-hydrogen) atoms. The Kier molecular flexibility index (Phi) is 5.87. The second-order valence-electron chi connectivity index (χ2n) is 5.38. The van der Waals surface area contributed by atoms with Crippen LogP contribution in [0.15, 0.2) is 47.4 Å². The molecule has 128 valence electrons. The molecule has 0 heterocycles. The minimum absolute atomic E-state index is 0.120. The van der Waals surface area contributed by atoms with Gasteiger partial charge in [-0.2, -0.15) is 0 Å². The maximum Gasteiger partial charge on any atom is 0.257 e. The zero-order valence-corrected chi connectivity index (χ0v) is 15.3. The van der Waals surface area contributed by atoms with Gasteiger partial charge in [0.25, 0.3) is 5.91 Å². The molecule has 0 saturated heterocycles. The fourth-order valence-electron chi connectivity index (χ4n) is 1.97. The van der Waals surface area contributed by atoms with Crippen molar-refractivity contribution in [1.82, 2.24) is 4.72 Å². The maximum atomic E-state index is 12.2. The molecule has 5 nitrogen and oxygen atoms in total. The molecule has 0 aliphatic heterocycles. The SMILES string of the molecule is CC(C)NS(=O)(=O)c1ccc(NC(=O)c2cc(Cl)ccc2Cl)cc1. The smallest absolute Gasteiger partial charge is 0.257 e. The summed E-state index contributed by atoms with van der Waals surface area (Å²) in [6.45, 7) is 3.47. The fraction of sp³-hybridized carbons (Fsp3) is 0.188. The van der Waals surface area contributed by atoms with Crippen molar-refractivity contribution < 1.29 is 13.2 Å². The van der Waals surface area contributed by atoms with Crippen molar-refractivity contribution in [1.29, 1.82) is 0 Å². The molecule has 0 aromatic heterocycles. The van der Waals surface area contributed by atoms with Crippen LogP contribution in [0.25, 0.3) is 0 Å². The van der Waals surface area contributed by atoms with Gasteiger partial charge in [0.2, 0.25) is 10.0 Å². The lowest BCUT2D eigenvalue weighted by Crippen LogP contribution is -2.30. The summed E-state index contributed by atoms with van der Waals surface area (Å²) in [4.78, 5) is 12.4. The second kappa shape index (κ2) is 7.53.